The molecule has 0 saturated heterocycles. The van der Waals surface area contributed by atoms with E-state index in [2.05, 4.69) is 4.98 Å². The fourth-order valence-electron chi connectivity index (χ4n) is 2.75. The molecule has 0 atom stereocenters. The van der Waals surface area contributed by atoms with Crippen molar-refractivity contribution in [3.05, 3.63) is 58.1 Å². The smallest absolute Gasteiger partial charge is 0.308 e. The number of anilines is 1. The van der Waals surface area contributed by atoms with Crippen LogP contribution in [0.4, 0.5) is 18.3 Å². The summed E-state index contributed by atoms with van der Waals surface area (Å²) in [5.74, 6) is -0.400. The van der Waals surface area contributed by atoms with Gasteiger partial charge in [-0.15, -0.1) is 0 Å². The van der Waals surface area contributed by atoms with E-state index in [-0.39, 0.29) is 5.56 Å². The van der Waals surface area contributed by atoms with Crippen molar-refractivity contribution < 1.29 is 18.0 Å². The zero-order valence-corrected chi connectivity index (χ0v) is 17.6. The lowest BCUT2D eigenvalue weighted by Crippen LogP contribution is -2.36. The monoisotopic (exact) mass is 441 g/mol. The molecule has 0 fully saturated rings. The molecule has 1 aromatic heterocycles. The minimum Gasteiger partial charge on any atom is -0.308 e. The normalized spacial score (nSPS) is 12.0. The number of benzene rings is 2. The summed E-state index contributed by atoms with van der Waals surface area (Å²) in [5, 5.41) is 1.07. The molecule has 29 heavy (non-hydrogen) atoms. The van der Waals surface area contributed by atoms with E-state index in [0.29, 0.717) is 28.8 Å². The first-order chi connectivity index (χ1) is 13.6. The van der Waals surface area contributed by atoms with Gasteiger partial charge in [0.1, 0.15) is 0 Å². The quantitative estimate of drug-likeness (QED) is 0.525. The Kier molecular flexibility index (Phi) is 6.16. The summed E-state index contributed by atoms with van der Waals surface area (Å²) in [5.41, 5.74) is 0.915. The van der Waals surface area contributed by atoms with Crippen molar-refractivity contribution in [1.82, 2.24) is 9.88 Å². The Morgan fingerprint density at radius 1 is 1.10 bits per heavy atom. The van der Waals surface area contributed by atoms with Gasteiger partial charge in [-0.05, 0) is 63.0 Å². The number of nitrogens with zero attached hydrogens (tertiary/aromatic N) is 3. The molecule has 1 heterocycles. The number of fused-ring (bicyclic) bond motifs is 1. The number of hydrogen-bond acceptors (Lipinski definition) is 4. The average Bonchev–Trinajstić information content (AvgIpc) is 3.08. The number of halogens is 4. The van der Waals surface area contributed by atoms with Crippen molar-refractivity contribution in [1.29, 1.82) is 0 Å². The topological polar surface area (TPSA) is 36.4 Å². The van der Waals surface area contributed by atoms with Gasteiger partial charge in [0.2, 0.25) is 0 Å². The van der Waals surface area contributed by atoms with Crippen LogP contribution in [0.3, 0.4) is 0 Å². The molecular weight excluding hydrogens is 423 g/mol. The molecule has 1 amide bonds. The Balaban J connectivity index is 1.99. The second-order valence-electron chi connectivity index (χ2n) is 6.85. The molecule has 0 N–H and O–H groups in total. The molecule has 0 bridgehead atoms. The molecule has 154 valence electrons. The summed E-state index contributed by atoms with van der Waals surface area (Å²) in [6.45, 7) is 2.78. The van der Waals surface area contributed by atoms with E-state index in [4.69, 9.17) is 11.6 Å². The summed E-state index contributed by atoms with van der Waals surface area (Å²) in [7, 11) is 3.76. The van der Waals surface area contributed by atoms with Crippen LogP contribution in [0.15, 0.2) is 36.4 Å². The van der Waals surface area contributed by atoms with Crippen molar-refractivity contribution in [3.8, 4) is 0 Å². The first kappa shape index (κ1) is 21.5. The highest BCUT2D eigenvalue weighted by Crippen LogP contribution is 2.34. The third-order valence-electron chi connectivity index (χ3n) is 4.44. The van der Waals surface area contributed by atoms with Gasteiger partial charge in [0.15, 0.2) is 5.13 Å². The van der Waals surface area contributed by atoms with Gasteiger partial charge in [-0.3, -0.25) is 9.69 Å². The SMILES string of the molecule is Cc1c(Cl)ccc2sc(N(CCN(C)C)C(=O)c3ccc(C(F)(F)F)cc3)nc12. The Bertz CT molecular complexity index is 1030. The molecule has 0 aliphatic heterocycles. The van der Waals surface area contributed by atoms with E-state index in [9.17, 15) is 18.0 Å². The lowest BCUT2D eigenvalue weighted by atomic mass is 10.1. The summed E-state index contributed by atoms with van der Waals surface area (Å²) < 4.78 is 39.4. The van der Waals surface area contributed by atoms with Gasteiger partial charge < -0.3 is 4.90 Å². The molecule has 9 heteroatoms. The first-order valence-electron chi connectivity index (χ1n) is 8.77. The minimum absolute atomic E-state index is 0.172. The van der Waals surface area contributed by atoms with Crippen LogP contribution < -0.4 is 4.90 Å². The lowest BCUT2D eigenvalue weighted by Gasteiger charge is -2.22. The third kappa shape index (κ3) is 4.71. The van der Waals surface area contributed by atoms with Gasteiger partial charge >= 0.3 is 6.18 Å². The van der Waals surface area contributed by atoms with Crippen LogP contribution in [-0.4, -0.2) is 43.0 Å². The number of aryl methyl sites for hydroxylation is 1. The van der Waals surface area contributed by atoms with Gasteiger partial charge in [0.05, 0.1) is 15.8 Å². The Morgan fingerprint density at radius 2 is 1.76 bits per heavy atom. The van der Waals surface area contributed by atoms with Gasteiger partial charge in [-0.25, -0.2) is 4.98 Å². The molecular formula is C20H19ClF3N3OS. The average molecular weight is 442 g/mol. The standard InChI is InChI=1S/C20H19ClF3N3OS/c1-12-15(21)8-9-16-17(12)25-19(29-16)27(11-10-26(2)3)18(28)13-4-6-14(7-5-13)20(22,23)24/h4-9H,10-11H2,1-3H3. The largest absolute Gasteiger partial charge is 0.416 e. The predicted molar refractivity (Wildman–Crippen MR) is 111 cm³/mol. The Morgan fingerprint density at radius 3 is 2.34 bits per heavy atom. The minimum atomic E-state index is -4.45. The maximum absolute atomic E-state index is 13.1. The highest BCUT2D eigenvalue weighted by Gasteiger charge is 2.31. The van der Waals surface area contributed by atoms with Crippen molar-refractivity contribution in [2.24, 2.45) is 0 Å². The van der Waals surface area contributed by atoms with Crippen molar-refractivity contribution in [3.63, 3.8) is 0 Å². The maximum atomic E-state index is 13.1. The highest BCUT2D eigenvalue weighted by molar-refractivity contribution is 7.22. The molecule has 0 radical (unpaired) electrons. The molecule has 0 aliphatic carbocycles. The number of likely N-dealkylation sites (N-methyl/N-ethyl adjacent to an activating group) is 1. The Hall–Kier alpha value is -2.16. The maximum Gasteiger partial charge on any atom is 0.416 e. The van der Waals surface area contributed by atoms with Gasteiger partial charge in [-0.2, -0.15) is 13.2 Å². The summed E-state index contributed by atoms with van der Waals surface area (Å²) in [6.07, 6.45) is -4.45. The van der Waals surface area contributed by atoms with E-state index < -0.39 is 17.6 Å². The molecule has 0 aliphatic rings. The van der Waals surface area contributed by atoms with Gasteiger partial charge in [0, 0.05) is 23.7 Å². The second-order valence-corrected chi connectivity index (χ2v) is 8.27. The van der Waals surface area contributed by atoms with Crippen molar-refractivity contribution in [2.75, 3.05) is 32.1 Å². The van der Waals surface area contributed by atoms with Crippen LogP contribution in [-0.2, 0) is 6.18 Å². The fourth-order valence-corrected chi connectivity index (χ4v) is 3.95. The molecule has 4 nitrogen and oxygen atoms in total. The van der Waals surface area contributed by atoms with E-state index in [0.717, 1.165) is 22.4 Å². The summed E-state index contributed by atoms with van der Waals surface area (Å²) in [6, 6.07) is 7.85. The number of carbonyl (C=O) groups excluding carboxylic acids is 1. The molecule has 0 saturated carbocycles. The van der Waals surface area contributed by atoms with Crippen LogP contribution >= 0.6 is 22.9 Å². The summed E-state index contributed by atoms with van der Waals surface area (Å²) >= 11 is 7.52. The second kappa shape index (κ2) is 8.30. The van der Waals surface area contributed by atoms with E-state index >= 15 is 0 Å². The first-order valence-corrected chi connectivity index (χ1v) is 9.97. The lowest BCUT2D eigenvalue weighted by molar-refractivity contribution is -0.137. The number of alkyl halides is 3. The number of rotatable bonds is 5. The van der Waals surface area contributed by atoms with E-state index in [1.807, 2.05) is 32.0 Å². The number of hydrogen-bond donors (Lipinski definition) is 0. The fraction of sp³-hybridized carbons (Fsp3) is 0.300. The van der Waals surface area contributed by atoms with Crippen molar-refractivity contribution >= 4 is 44.2 Å². The zero-order chi connectivity index (χ0) is 21.3. The van der Waals surface area contributed by atoms with Crippen LogP contribution in [0, 0.1) is 6.92 Å². The molecule has 3 rings (SSSR count). The number of aromatic nitrogens is 1. The molecule has 0 spiro atoms. The Labute approximate surface area is 175 Å². The molecule has 2 aromatic carbocycles. The number of carbonyl (C=O) groups is 1. The summed E-state index contributed by atoms with van der Waals surface area (Å²) in [4.78, 5) is 21.1. The van der Waals surface area contributed by atoms with Crippen LogP contribution in [0.5, 0.6) is 0 Å². The highest BCUT2D eigenvalue weighted by atomic mass is 35.5. The molecule has 3 aromatic rings. The number of amides is 1. The van der Waals surface area contributed by atoms with Crippen molar-refractivity contribution in [2.45, 2.75) is 13.1 Å². The van der Waals surface area contributed by atoms with Gasteiger partial charge in [-0.1, -0.05) is 22.9 Å². The zero-order valence-electron chi connectivity index (χ0n) is 16.0. The van der Waals surface area contributed by atoms with Crippen LogP contribution in [0.2, 0.25) is 5.02 Å². The van der Waals surface area contributed by atoms with Gasteiger partial charge in [0.25, 0.3) is 5.91 Å². The van der Waals surface area contributed by atoms with E-state index in [1.54, 1.807) is 6.07 Å². The van der Waals surface area contributed by atoms with Crippen LogP contribution in [0.1, 0.15) is 21.5 Å². The third-order valence-corrected chi connectivity index (χ3v) is 5.90. The number of thiazole rings is 1. The predicted octanol–water partition coefficient (Wildman–Crippen LogP) is 5.49. The van der Waals surface area contributed by atoms with E-state index in [1.165, 1.54) is 28.4 Å². The molecule has 0 unspecified atom stereocenters. The van der Waals surface area contributed by atoms with Crippen LogP contribution in [0.25, 0.3) is 10.2 Å².